The van der Waals surface area contributed by atoms with Crippen LogP contribution in [0.4, 0.5) is 4.79 Å². The van der Waals surface area contributed by atoms with Crippen LogP contribution in [0.15, 0.2) is 27.5 Å². The molecule has 2 heterocycles. The first-order chi connectivity index (χ1) is 15.5. The third-order valence-corrected chi connectivity index (χ3v) is 6.03. The molecule has 2 atom stereocenters. The lowest BCUT2D eigenvalue weighted by atomic mass is 10.1. The number of rotatable bonds is 4. The van der Waals surface area contributed by atoms with Gasteiger partial charge >= 0.3 is 6.09 Å². The second-order valence-corrected chi connectivity index (χ2v) is 9.77. The number of pyridine rings is 1. The van der Waals surface area contributed by atoms with Crippen LogP contribution in [-0.4, -0.2) is 39.9 Å². The van der Waals surface area contributed by atoms with Crippen molar-refractivity contribution in [3.8, 4) is 0 Å². The van der Waals surface area contributed by atoms with Crippen LogP contribution < -0.4 is 16.2 Å². The van der Waals surface area contributed by atoms with E-state index < -0.39 is 11.7 Å². The highest BCUT2D eigenvalue weighted by Gasteiger charge is 2.31. The summed E-state index contributed by atoms with van der Waals surface area (Å²) in [5.74, 6) is 0.138. The number of hydrogen-bond donors (Lipinski definition) is 2. The number of hydrogen-bond acceptors (Lipinski definition) is 6. The predicted octanol–water partition coefficient (Wildman–Crippen LogP) is 3.84. The summed E-state index contributed by atoms with van der Waals surface area (Å²) in [6.45, 7) is 6.78. The highest BCUT2D eigenvalue weighted by Crippen LogP contribution is 2.36. The molecule has 0 saturated heterocycles. The third-order valence-electron chi connectivity index (χ3n) is 5.71. The first-order valence-electron chi connectivity index (χ1n) is 10.9. The van der Waals surface area contributed by atoms with Crippen LogP contribution in [0.1, 0.15) is 51.8 Å². The van der Waals surface area contributed by atoms with Crippen LogP contribution in [-0.2, 0) is 9.53 Å². The lowest BCUT2D eigenvalue weighted by Crippen LogP contribution is -2.42. The predicted molar refractivity (Wildman–Crippen MR) is 125 cm³/mol. The van der Waals surface area contributed by atoms with Gasteiger partial charge in [-0.05, 0) is 59.1 Å². The largest absolute Gasteiger partial charge is 0.444 e. The van der Waals surface area contributed by atoms with E-state index in [-0.39, 0.29) is 30.1 Å². The fraction of sp³-hybridized carbons (Fsp3) is 0.478. The Kier molecular flexibility index (Phi) is 6.09. The van der Waals surface area contributed by atoms with Crippen LogP contribution in [0.25, 0.3) is 21.8 Å². The topological polar surface area (TPSA) is 115 Å². The molecule has 2 aromatic heterocycles. The van der Waals surface area contributed by atoms with Gasteiger partial charge in [0, 0.05) is 17.5 Å². The number of nitrogens with zero attached hydrogens (tertiary/aromatic N) is 2. The molecule has 1 aliphatic rings. The molecule has 176 valence electrons. The van der Waals surface area contributed by atoms with Gasteiger partial charge in [0.1, 0.15) is 28.8 Å². The number of aryl methyl sites for hydroxylation is 1. The Labute approximate surface area is 195 Å². The van der Waals surface area contributed by atoms with Gasteiger partial charge in [-0.2, -0.15) is 0 Å². The van der Waals surface area contributed by atoms with Gasteiger partial charge in [0.15, 0.2) is 0 Å². The first-order valence-corrected chi connectivity index (χ1v) is 11.3. The normalized spacial score (nSPS) is 18.6. The van der Waals surface area contributed by atoms with Crippen LogP contribution in [0.3, 0.4) is 0 Å². The van der Waals surface area contributed by atoms with Crippen molar-refractivity contribution in [2.45, 2.75) is 64.6 Å². The molecular weight excluding hydrogens is 448 g/mol. The zero-order valence-electron chi connectivity index (χ0n) is 19.0. The van der Waals surface area contributed by atoms with Crippen molar-refractivity contribution in [3.05, 3.63) is 39.3 Å². The van der Waals surface area contributed by atoms with Crippen LogP contribution in [0, 0.1) is 6.92 Å². The summed E-state index contributed by atoms with van der Waals surface area (Å²) in [5.41, 5.74) is 0.339. The number of fused-ring (bicyclic) bond motifs is 3. The Bertz CT molecular complexity index is 1290. The van der Waals surface area contributed by atoms with E-state index in [2.05, 4.69) is 15.8 Å². The van der Waals surface area contributed by atoms with Gasteiger partial charge in [-0.25, -0.2) is 4.79 Å². The molecule has 10 heteroatoms. The van der Waals surface area contributed by atoms with E-state index in [0.29, 0.717) is 51.9 Å². The SMILES string of the molecule is Cc1onc2c1c(=O)n(C1CCC(NC(=O)CNC(=O)OC(C)(C)C)C1)c1cccc(Cl)c21. The Balaban J connectivity index is 1.52. The maximum Gasteiger partial charge on any atom is 0.408 e. The Morgan fingerprint density at radius 1 is 1.27 bits per heavy atom. The van der Waals surface area contributed by atoms with Gasteiger partial charge in [-0.1, -0.05) is 22.8 Å². The minimum absolute atomic E-state index is 0.122. The van der Waals surface area contributed by atoms with Crippen molar-refractivity contribution >= 4 is 45.4 Å². The highest BCUT2D eigenvalue weighted by molar-refractivity contribution is 6.37. The number of benzene rings is 1. The van der Waals surface area contributed by atoms with Gasteiger partial charge in [0.05, 0.1) is 10.5 Å². The molecule has 2 N–H and O–H groups in total. The Morgan fingerprint density at radius 3 is 2.76 bits per heavy atom. The van der Waals surface area contributed by atoms with Gasteiger partial charge < -0.3 is 24.5 Å². The van der Waals surface area contributed by atoms with Crippen molar-refractivity contribution < 1.29 is 18.8 Å². The van der Waals surface area contributed by atoms with Crippen molar-refractivity contribution in [1.29, 1.82) is 0 Å². The second kappa shape index (κ2) is 8.70. The zero-order chi connectivity index (χ0) is 23.9. The molecule has 33 heavy (non-hydrogen) atoms. The number of nitrogens with one attached hydrogen (secondary N) is 2. The van der Waals surface area contributed by atoms with Crippen molar-refractivity contribution in [1.82, 2.24) is 20.4 Å². The van der Waals surface area contributed by atoms with Crippen LogP contribution in [0.5, 0.6) is 0 Å². The molecule has 4 rings (SSSR count). The molecule has 0 bridgehead atoms. The van der Waals surface area contributed by atoms with Crippen molar-refractivity contribution in [3.63, 3.8) is 0 Å². The van der Waals surface area contributed by atoms with E-state index in [1.165, 1.54) is 0 Å². The molecule has 1 aliphatic carbocycles. The summed E-state index contributed by atoms with van der Waals surface area (Å²) in [4.78, 5) is 37.5. The standard InChI is InChI=1S/C23H27ClN4O5/c1-12-18-20(27-33-12)19-15(24)6-5-7-16(19)28(21(18)30)14-9-8-13(10-14)26-17(29)11-25-22(31)32-23(2,3)4/h5-7,13-14H,8-11H2,1-4H3,(H,25,31)(H,26,29). The fourth-order valence-corrected chi connectivity index (χ4v) is 4.66. The minimum Gasteiger partial charge on any atom is -0.444 e. The summed E-state index contributed by atoms with van der Waals surface area (Å²) in [6, 6.07) is 5.17. The molecule has 0 aliphatic heterocycles. The summed E-state index contributed by atoms with van der Waals surface area (Å²) in [7, 11) is 0. The Hall–Kier alpha value is -3.07. The van der Waals surface area contributed by atoms with Crippen LogP contribution in [0.2, 0.25) is 5.02 Å². The molecule has 0 radical (unpaired) electrons. The average molecular weight is 475 g/mol. The molecule has 1 aromatic carbocycles. The van der Waals surface area contributed by atoms with Crippen molar-refractivity contribution in [2.24, 2.45) is 0 Å². The molecule has 0 spiro atoms. The van der Waals surface area contributed by atoms with E-state index in [1.54, 1.807) is 44.4 Å². The summed E-state index contributed by atoms with van der Waals surface area (Å²) < 4.78 is 12.2. The molecule has 1 fully saturated rings. The molecule has 9 nitrogen and oxygen atoms in total. The zero-order valence-corrected chi connectivity index (χ0v) is 19.8. The third kappa shape index (κ3) is 4.68. The summed E-state index contributed by atoms with van der Waals surface area (Å²) in [6.07, 6.45) is 1.35. The lowest BCUT2D eigenvalue weighted by Gasteiger charge is -2.20. The molecule has 2 unspecified atom stereocenters. The molecule has 2 amide bonds. The number of alkyl carbamates (subject to hydrolysis) is 1. The van der Waals surface area contributed by atoms with Gasteiger partial charge in [-0.3, -0.25) is 9.59 Å². The fourth-order valence-electron chi connectivity index (χ4n) is 4.40. The van der Waals surface area contributed by atoms with E-state index in [1.807, 2.05) is 6.07 Å². The van der Waals surface area contributed by atoms with Gasteiger partial charge in [0.25, 0.3) is 5.56 Å². The number of halogens is 1. The van der Waals surface area contributed by atoms with Gasteiger partial charge in [-0.15, -0.1) is 0 Å². The number of aromatic nitrogens is 2. The maximum atomic E-state index is 13.4. The average Bonchev–Trinajstić information content (AvgIpc) is 3.32. The van der Waals surface area contributed by atoms with E-state index in [9.17, 15) is 14.4 Å². The van der Waals surface area contributed by atoms with Gasteiger partial charge in [0.2, 0.25) is 5.91 Å². The number of amides is 2. The van der Waals surface area contributed by atoms with E-state index in [0.717, 1.165) is 0 Å². The first kappa shape index (κ1) is 23.1. The maximum absolute atomic E-state index is 13.4. The minimum atomic E-state index is -0.644. The molecule has 3 aromatic rings. The number of ether oxygens (including phenoxy) is 1. The van der Waals surface area contributed by atoms with E-state index in [4.69, 9.17) is 20.9 Å². The number of carbonyl (C=O) groups excluding carboxylic acids is 2. The van der Waals surface area contributed by atoms with Crippen molar-refractivity contribution in [2.75, 3.05) is 6.54 Å². The molecular formula is C23H27ClN4O5. The summed E-state index contributed by atoms with van der Waals surface area (Å²) >= 11 is 6.48. The second-order valence-electron chi connectivity index (χ2n) is 9.36. The smallest absolute Gasteiger partial charge is 0.408 e. The monoisotopic (exact) mass is 474 g/mol. The Morgan fingerprint density at radius 2 is 2.03 bits per heavy atom. The quantitative estimate of drug-likeness (QED) is 0.593. The van der Waals surface area contributed by atoms with Crippen LogP contribution >= 0.6 is 11.6 Å². The lowest BCUT2D eigenvalue weighted by molar-refractivity contribution is -0.120. The highest BCUT2D eigenvalue weighted by atomic mass is 35.5. The molecule has 1 saturated carbocycles. The van der Waals surface area contributed by atoms with E-state index >= 15 is 0 Å². The number of carbonyl (C=O) groups is 2. The summed E-state index contributed by atoms with van der Waals surface area (Å²) in [5, 5.41) is 11.1.